The lowest BCUT2D eigenvalue weighted by molar-refractivity contribution is 0.372. The van der Waals surface area contributed by atoms with E-state index in [0.717, 1.165) is 0 Å². The highest BCUT2D eigenvalue weighted by Crippen LogP contribution is 2.51. The molecule has 0 aliphatic rings. The molecule has 42 valence electrons. The Labute approximate surface area is 42.0 Å². The van der Waals surface area contributed by atoms with E-state index in [4.69, 9.17) is 4.89 Å². The molecular formula is C2H7NO3P+. The first-order valence-electron chi connectivity index (χ1n) is 1.62. The molecule has 0 heterocycles. The van der Waals surface area contributed by atoms with E-state index < -0.39 is 7.87 Å². The van der Waals surface area contributed by atoms with Gasteiger partial charge in [0.1, 0.15) is 6.66 Å². The molecule has 0 rings (SSSR count). The van der Waals surface area contributed by atoms with E-state index in [1.54, 1.807) is 0 Å². The van der Waals surface area contributed by atoms with E-state index in [9.17, 15) is 4.91 Å². The quantitative estimate of drug-likeness (QED) is 0.437. The minimum atomic E-state index is -2.83. The van der Waals surface area contributed by atoms with Gasteiger partial charge >= 0.3 is 7.87 Å². The molecule has 0 amide bonds. The normalized spacial score (nSPS) is 18.1. The smallest absolute Gasteiger partial charge is 0.194 e. The molecule has 0 aromatic carbocycles. The van der Waals surface area contributed by atoms with E-state index in [2.05, 4.69) is 9.47 Å². The highest BCUT2D eigenvalue weighted by molar-refractivity contribution is 7.63. The maximum absolute atomic E-state index is 9.48. The Morgan fingerprint density at radius 3 is 2.29 bits per heavy atom. The van der Waals surface area contributed by atoms with Crippen LogP contribution >= 0.6 is 7.87 Å². The van der Waals surface area contributed by atoms with Crippen LogP contribution in [0.25, 0.3) is 0 Å². The molecule has 4 nitrogen and oxygen atoms in total. The fourth-order valence-corrected chi connectivity index (χ4v) is 0.100. The summed E-state index contributed by atoms with van der Waals surface area (Å²) in [5.74, 6) is 0. The SMILES string of the molecule is CO[P+](C)(O)N=O. The predicted octanol–water partition coefficient (Wildman–Crippen LogP) is 0.784. The molecule has 1 atom stereocenters. The molecule has 5 heteroatoms. The predicted molar refractivity (Wildman–Crippen MR) is 27.9 cm³/mol. The van der Waals surface area contributed by atoms with Crippen molar-refractivity contribution in [3.8, 4) is 0 Å². The average molecular weight is 124 g/mol. The summed E-state index contributed by atoms with van der Waals surface area (Å²) in [6, 6.07) is 0. The standard InChI is InChI=1S/C2H7NO3P/c1-6-7(2,5)3-4/h5H,1-2H3/q+1. The van der Waals surface area contributed by atoms with Crippen LogP contribution < -0.4 is 0 Å². The third kappa shape index (κ3) is 2.62. The van der Waals surface area contributed by atoms with Crippen molar-refractivity contribution in [2.75, 3.05) is 13.8 Å². The molecule has 0 spiro atoms. The van der Waals surface area contributed by atoms with Gasteiger partial charge in [0.2, 0.25) is 0 Å². The van der Waals surface area contributed by atoms with Crippen LogP contribution in [-0.2, 0) is 4.52 Å². The first-order chi connectivity index (χ1) is 3.12. The number of rotatable bonds is 2. The van der Waals surface area contributed by atoms with Gasteiger partial charge in [-0.15, -0.1) is 4.91 Å². The maximum Gasteiger partial charge on any atom is 0.435 e. The molecule has 1 unspecified atom stereocenters. The minimum Gasteiger partial charge on any atom is -0.194 e. The van der Waals surface area contributed by atoms with Crippen LogP contribution in [0.3, 0.4) is 0 Å². The maximum atomic E-state index is 9.48. The summed E-state index contributed by atoms with van der Waals surface area (Å²) in [5.41, 5.74) is 0. The van der Waals surface area contributed by atoms with Crippen molar-refractivity contribution in [2.24, 2.45) is 4.95 Å². The molecule has 0 saturated carbocycles. The lowest BCUT2D eigenvalue weighted by atomic mass is 11.8. The Morgan fingerprint density at radius 2 is 2.29 bits per heavy atom. The van der Waals surface area contributed by atoms with E-state index in [1.807, 2.05) is 0 Å². The van der Waals surface area contributed by atoms with Crippen LogP contribution in [0.1, 0.15) is 0 Å². The van der Waals surface area contributed by atoms with Gasteiger partial charge in [-0.25, -0.2) is 0 Å². The molecule has 0 aromatic rings. The lowest BCUT2D eigenvalue weighted by Crippen LogP contribution is -1.83. The lowest BCUT2D eigenvalue weighted by Gasteiger charge is -1.95. The largest absolute Gasteiger partial charge is 0.435 e. The van der Waals surface area contributed by atoms with Crippen LogP contribution in [-0.4, -0.2) is 18.7 Å². The zero-order valence-corrected chi connectivity index (χ0v) is 5.05. The van der Waals surface area contributed by atoms with Gasteiger partial charge in [-0.05, 0) is 0 Å². The Bertz CT molecular complexity index is 73.3. The zero-order chi connectivity index (χ0) is 5.91. The fraction of sp³-hybridized carbons (Fsp3) is 1.00. The molecular weight excluding hydrogens is 117 g/mol. The number of nitroso groups, excluding NO2 is 1. The van der Waals surface area contributed by atoms with Crippen molar-refractivity contribution in [1.82, 2.24) is 0 Å². The van der Waals surface area contributed by atoms with Crippen LogP contribution in [0.2, 0.25) is 0 Å². The van der Waals surface area contributed by atoms with Crippen LogP contribution in [0.5, 0.6) is 0 Å². The van der Waals surface area contributed by atoms with Gasteiger partial charge in [0.05, 0.1) is 7.11 Å². The van der Waals surface area contributed by atoms with Gasteiger partial charge in [0, 0.05) is 0 Å². The Hall–Kier alpha value is -0.0500. The second-order valence-electron chi connectivity index (χ2n) is 1.10. The molecule has 0 aliphatic heterocycles. The monoisotopic (exact) mass is 124 g/mol. The summed E-state index contributed by atoms with van der Waals surface area (Å²) in [7, 11) is -1.59. The third-order valence-corrected chi connectivity index (χ3v) is 1.49. The molecule has 0 radical (unpaired) electrons. The van der Waals surface area contributed by atoms with E-state index >= 15 is 0 Å². The Balaban J connectivity index is 3.58. The number of hydrogen-bond acceptors (Lipinski definition) is 4. The van der Waals surface area contributed by atoms with E-state index in [1.165, 1.54) is 13.8 Å². The van der Waals surface area contributed by atoms with Gasteiger partial charge in [0.25, 0.3) is 0 Å². The first kappa shape index (κ1) is 6.95. The summed E-state index contributed by atoms with van der Waals surface area (Å²) < 4.78 is 4.27. The van der Waals surface area contributed by atoms with Crippen LogP contribution in [0.15, 0.2) is 4.95 Å². The minimum absolute atomic E-state index is 1.25. The highest BCUT2D eigenvalue weighted by atomic mass is 31.2. The average Bonchev–Trinajstić information content (AvgIpc) is 1.68. The van der Waals surface area contributed by atoms with Gasteiger partial charge < -0.3 is 0 Å². The van der Waals surface area contributed by atoms with Gasteiger partial charge in [-0.2, -0.15) is 9.42 Å². The third-order valence-electron chi connectivity index (χ3n) is 0.497. The first-order valence-corrected chi connectivity index (χ1v) is 3.68. The number of nitrogens with zero attached hydrogens (tertiary/aromatic N) is 1. The van der Waals surface area contributed by atoms with Crippen LogP contribution in [0, 0.1) is 4.91 Å². The molecule has 7 heavy (non-hydrogen) atoms. The summed E-state index contributed by atoms with van der Waals surface area (Å²) in [4.78, 5) is 20.4. The van der Waals surface area contributed by atoms with Crippen molar-refractivity contribution in [3.05, 3.63) is 4.91 Å². The summed E-state index contributed by atoms with van der Waals surface area (Å²) in [6.45, 7) is 1.26. The van der Waals surface area contributed by atoms with Crippen molar-refractivity contribution in [3.63, 3.8) is 0 Å². The molecule has 0 aromatic heterocycles. The van der Waals surface area contributed by atoms with Crippen molar-refractivity contribution in [2.45, 2.75) is 0 Å². The van der Waals surface area contributed by atoms with Crippen LogP contribution in [0.4, 0.5) is 0 Å². The molecule has 0 aliphatic carbocycles. The molecule has 1 N–H and O–H groups in total. The summed E-state index contributed by atoms with van der Waals surface area (Å²) in [6.07, 6.45) is 0. The van der Waals surface area contributed by atoms with Crippen molar-refractivity contribution < 1.29 is 9.42 Å². The second kappa shape index (κ2) is 2.31. The Kier molecular flexibility index (Phi) is 2.29. The summed E-state index contributed by atoms with van der Waals surface area (Å²) in [5, 5.41) is 0. The van der Waals surface area contributed by atoms with Gasteiger partial charge in [-0.1, -0.05) is 0 Å². The topological polar surface area (TPSA) is 58.9 Å². The van der Waals surface area contributed by atoms with Gasteiger partial charge in [-0.3, -0.25) is 0 Å². The van der Waals surface area contributed by atoms with E-state index in [0.29, 0.717) is 0 Å². The van der Waals surface area contributed by atoms with E-state index in [-0.39, 0.29) is 0 Å². The highest BCUT2D eigenvalue weighted by Gasteiger charge is 2.31. The van der Waals surface area contributed by atoms with Crippen molar-refractivity contribution >= 4 is 7.87 Å². The fourth-order valence-electron chi connectivity index (χ4n) is 0.0333. The Morgan fingerprint density at radius 1 is 1.86 bits per heavy atom. The molecule has 0 bridgehead atoms. The number of hydrogen-bond donors (Lipinski definition) is 1. The zero-order valence-electron chi connectivity index (χ0n) is 4.16. The van der Waals surface area contributed by atoms with Crippen molar-refractivity contribution in [1.29, 1.82) is 0 Å². The second-order valence-corrected chi connectivity index (χ2v) is 3.30. The van der Waals surface area contributed by atoms with Gasteiger partial charge in [0.15, 0.2) is 4.95 Å². The molecule has 0 fully saturated rings. The molecule has 0 saturated heterocycles. The summed E-state index contributed by atoms with van der Waals surface area (Å²) >= 11 is 0.